The Morgan fingerprint density at radius 2 is 2.00 bits per heavy atom. The van der Waals surface area contributed by atoms with Gasteiger partial charge in [0.15, 0.2) is 11.5 Å². The van der Waals surface area contributed by atoms with Crippen LogP contribution in [0, 0.1) is 5.92 Å². The summed E-state index contributed by atoms with van der Waals surface area (Å²) in [5.74, 6) is 1.87. The van der Waals surface area contributed by atoms with E-state index in [0.29, 0.717) is 28.5 Å². The minimum Gasteiger partial charge on any atom is -0.493 e. The van der Waals surface area contributed by atoms with Crippen LogP contribution >= 0.6 is 11.6 Å². The Kier molecular flexibility index (Phi) is 7.81. The van der Waals surface area contributed by atoms with E-state index in [1.807, 2.05) is 12.1 Å². The highest BCUT2D eigenvalue weighted by atomic mass is 35.5. The summed E-state index contributed by atoms with van der Waals surface area (Å²) in [7, 11) is 3.22. The van der Waals surface area contributed by atoms with Crippen LogP contribution < -0.4 is 9.47 Å². The van der Waals surface area contributed by atoms with Crippen molar-refractivity contribution in [1.82, 2.24) is 9.80 Å². The summed E-state index contributed by atoms with van der Waals surface area (Å²) in [5.41, 5.74) is 1.04. The summed E-state index contributed by atoms with van der Waals surface area (Å²) in [5, 5.41) is 10.0. The van der Waals surface area contributed by atoms with Crippen molar-refractivity contribution < 1.29 is 14.6 Å². The minimum atomic E-state index is 0.226. The Morgan fingerprint density at radius 1 is 1.24 bits per heavy atom. The van der Waals surface area contributed by atoms with E-state index in [4.69, 9.17) is 21.1 Å². The summed E-state index contributed by atoms with van der Waals surface area (Å²) in [4.78, 5) is 4.91. The van der Waals surface area contributed by atoms with Crippen LogP contribution in [0.25, 0.3) is 0 Å². The second kappa shape index (κ2) is 9.62. The van der Waals surface area contributed by atoms with Gasteiger partial charge in [0, 0.05) is 45.4 Å². The van der Waals surface area contributed by atoms with Crippen molar-refractivity contribution in [1.29, 1.82) is 0 Å². The summed E-state index contributed by atoms with van der Waals surface area (Å²) in [6.45, 7) is 9.53. The molecule has 6 heteroatoms. The number of piperazine rings is 1. The van der Waals surface area contributed by atoms with Crippen LogP contribution in [0.1, 0.15) is 25.8 Å². The van der Waals surface area contributed by atoms with Crippen molar-refractivity contribution in [3.05, 3.63) is 22.7 Å². The van der Waals surface area contributed by atoms with Crippen LogP contribution in [-0.2, 0) is 6.54 Å². The monoisotopic (exact) mass is 370 g/mol. The zero-order valence-corrected chi connectivity index (χ0v) is 16.6. The van der Waals surface area contributed by atoms with E-state index in [1.165, 1.54) is 0 Å². The van der Waals surface area contributed by atoms with E-state index in [2.05, 4.69) is 23.6 Å². The number of aliphatic hydroxyl groups excluding tert-OH is 1. The topological polar surface area (TPSA) is 45.2 Å². The molecule has 0 aromatic heterocycles. The highest BCUT2D eigenvalue weighted by Gasteiger charge is 2.27. The average Bonchev–Trinajstić information content (AvgIpc) is 2.58. The van der Waals surface area contributed by atoms with Gasteiger partial charge in [-0.15, -0.1) is 0 Å². The lowest BCUT2D eigenvalue weighted by molar-refractivity contribution is 0.0476. The van der Waals surface area contributed by atoms with E-state index in [0.717, 1.165) is 44.7 Å². The van der Waals surface area contributed by atoms with Gasteiger partial charge in [0.2, 0.25) is 0 Å². The minimum absolute atomic E-state index is 0.226. The number of ether oxygens (including phenoxy) is 2. The Morgan fingerprint density at radius 3 is 2.60 bits per heavy atom. The fourth-order valence-electron chi connectivity index (χ4n) is 3.53. The average molecular weight is 371 g/mol. The fraction of sp³-hybridized carbons (Fsp3) is 0.684. The summed E-state index contributed by atoms with van der Waals surface area (Å²) < 4.78 is 10.7. The maximum absolute atomic E-state index is 9.42. The molecule has 1 aliphatic heterocycles. The molecule has 0 amide bonds. The number of rotatable bonds is 8. The number of benzene rings is 1. The van der Waals surface area contributed by atoms with Crippen LogP contribution in [0.2, 0.25) is 5.02 Å². The highest BCUT2D eigenvalue weighted by molar-refractivity contribution is 6.33. The molecule has 2 rings (SSSR count). The molecule has 1 N–H and O–H groups in total. The highest BCUT2D eigenvalue weighted by Crippen LogP contribution is 2.37. The molecule has 0 aliphatic carbocycles. The SMILES string of the molecule is COc1ccc(CN2CCN(CC(C)C)[C@@H](CCO)C2)c(Cl)c1OC. The van der Waals surface area contributed by atoms with Gasteiger partial charge in [0.1, 0.15) is 0 Å². The number of hydrogen-bond donors (Lipinski definition) is 1. The third-order valence-electron chi connectivity index (χ3n) is 4.71. The van der Waals surface area contributed by atoms with E-state index in [-0.39, 0.29) is 6.61 Å². The Hall–Kier alpha value is -1.01. The van der Waals surface area contributed by atoms with Gasteiger partial charge in [0.25, 0.3) is 0 Å². The molecule has 0 saturated carbocycles. The second-order valence-corrected chi connectivity index (χ2v) is 7.44. The third-order valence-corrected chi connectivity index (χ3v) is 5.12. The molecule has 1 heterocycles. The normalized spacial score (nSPS) is 19.4. The molecule has 0 radical (unpaired) electrons. The molecule has 1 aromatic rings. The number of methoxy groups -OCH3 is 2. The molecule has 1 aromatic carbocycles. The standard InChI is InChI=1S/C19H31ClN2O3/c1-14(2)11-22-9-8-21(13-16(22)7-10-23)12-15-5-6-17(24-3)19(25-4)18(15)20/h5-6,14,16,23H,7-13H2,1-4H3/t16-/m0/s1. The first kappa shape index (κ1) is 20.3. The zero-order chi connectivity index (χ0) is 18.4. The van der Waals surface area contributed by atoms with Crippen LogP contribution in [0.15, 0.2) is 12.1 Å². The number of nitrogens with zero attached hydrogens (tertiary/aromatic N) is 2. The van der Waals surface area contributed by atoms with Gasteiger partial charge in [-0.05, 0) is 24.0 Å². The van der Waals surface area contributed by atoms with Crippen molar-refractivity contribution in [2.24, 2.45) is 5.92 Å². The van der Waals surface area contributed by atoms with Gasteiger partial charge >= 0.3 is 0 Å². The molecule has 1 fully saturated rings. The first-order valence-electron chi connectivity index (χ1n) is 8.96. The summed E-state index contributed by atoms with van der Waals surface area (Å²) >= 11 is 6.53. The third kappa shape index (κ3) is 5.23. The maximum atomic E-state index is 9.42. The van der Waals surface area contributed by atoms with E-state index < -0.39 is 0 Å². The maximum Gasteiger partial charge on any atom is 0.179 e. The smallest absolute Gasteiger partial charge is 0.179 e. The molecular formula is C19H31ClN2O3. The molecule has 1 saturated heterocycles. The van der Waals surface area contributed by atoms with E-state index in [1.54, 1.807) is 14.2 Å². The van der Waals surface area contributed by atoms with Crippen LogP contribution in [-0.4, -0.2) is 68.0 Å². The molecule has 5 nitrogen and oxygen atoms in total. The Bertz CT molecular complexity index is 554. The lowest BCUT2D eigenvalue weighted by Crippen LogP contribution is -2.53. The molecule has 0 spiro atoms. The van der Waals surface area contributed by atoms with Crippen molar-refractivity contribution in [3.63, 3.8) is 0 Å². The van der Waals surface area contributed by atoms with Crippen molar-refractivity contribution >= 4 is 11.6 Å². The van der Waals surface area contributed by atoms with E-state index >= 15 is 0 Å². The van der Waals surface area contributed by atoms with E-state index in [9.17, 15) is 5.11 Å². The van der Waals surface area contributed by atoms with Crippen molar-refractivity contribution in [2.75, 3.05) is 47.0 Å². The van der Waals surface area contributed by atoms with Gasteiger partial charge in [-0.25, -0.2) is 0 Å². The first-order chi connectivity index (χ1) is 12.0. The summed E-state index contributed by atoms with van der Waals surface area (Å²) in [6.07, 6.45) is 0.808. The van der Waals surface area contributed by atoms with Gasteiger partial charge in [-0.3, -0.25) is 9.80 Å². The van der Waals surface area contributed by atoms with Gasteiger partial charge < -0.3 is 14.6 Å². The van der Waals surface area contributed by atoms with Crippen molar-refractivity contribution in [2.45, 2.75) is 32.9 Å². The Labute approximate surface area is 156 Å². The van der Waals surface area contributed by atoms with Crippen molar-refractivity contribution in [3.8, 4) is 11.5 Å². The molecular weight excluding hydrogens is 340 g/mol. The lowest BCUT2D eigenvalue weighted by atomic mass is 10.1. The molecule has 25 heavy (non-hydrogen) atoms. The molecule has 0 unspecified atom stereocenters. The van der Waals surface area contributed by atoms with Gasteiger partial charge in [0.05, 0.1) is 19.2 Å². The first-order valence-corrected chi connectivity index (χ1v) is 9.34. The number of aliphatic hydroxyl groups is 1. The van der Waals surface area contributed by atoms with Gasteiger partial charge in [-0.2, -0.15) is 0 Å². The number of halogens is 1. The second-order valence-electron chi connectivity index (χ2n) is 7.06. The molecule has 0 bridgehead atoms. The quantitative estimate of drug-likeness (QED) is 0.762. The van der Waals surface area contributed by atoms with Crippen LogP contribution in [0.3, 0.4) is 0 Å². The predicted molar refractivity (Wildman–Crippen MR) is 102 cm³/mol. The fourth-order valence-corrected chi connectivity index (χ4v) is 3.82. The molecule has 1 aliphatic rings. The largest absolute Gasteiger partial charge is 0.493 e. The Balaban J connectivity index is 2.08. The molecule has 142 valence electrons. The van der Waals surface area contributed by atoms with Crippen LogP contribution in [0.5, 0.6) is 11.5 Å². The van der Waals surface area contributed by atoms with Crippen LogP contribution in [0.4, 0.5) is 0 Å². The summed E-state index contributed by atoms with van der Waals surface area (Å²) in [6, 6.07) is 4.30. The lowest BCUT2D eigenvalue weighted by Gasteiger charge is -2.42. The molecule has 1 atom stereocenters. The zero-order valence-electron chi connectivity index (χ0n) is 15.8. The van der Waals surface area contributed by atoms with Gasteiger partial charge in [-0.1, -0.05) is 31.5 Å². The predicted octanol–water partition coefficient (Wildman–Crippen LogP) is 2.88. The number of hydrogen-bond acceptors (Lipinski definition) is 5.